The summed E-state index contributed by atoms with van der Waals surface area (Å²) in [5.41, 5.74) is 2.12. The summed E-state index contributed by atoms with van der Waals surface area (Å²) in [6.07, 6.45) is 11.8. The van der Waals surface area contributed by atoms with Crippen LogP contribution in [0.1, 0.15) is 31.0 Å². The van der Waals surface area contributed by atoms with Crippen LogP contribution in [0, 0.1) is 16.9 Å². The van der Waals surface area contributed by atoms with Crippen molar-refractivity contribution in [3.8, 4) is 39.3 Å². The Morgan fingerprint density at radius 2 is 2.00 bits per heavy atom. The maximum absolute atomic E-state index is 15.5. The molecule has 1 unspecified atom stereocenters. The zero-order chi connectivity index (χ0) is 28.0. The van der Waals surface area contributed by atoms with Crippen LogP contribution in [0.25, 0.3) is 33.6 Å². The highest BCUT2D eigenvalue weighted by molar-refractivity contribution is 6.31. The van der Waals surface area contributed by atoms with Crippen LogP contribution in [0.3, 0.4) is 0 Å². The van der Waals surface area contributed by atoms with Crippen molar-refractivity contribution in [2.24, 2.45) is 13.0 Å². The van der Waals surface area contributed by atoms with Gasteiger partial charge in [-0.05, 0) is 24.5 Å². The third-order valence-electron chi connectivity index (χ3n) is 7.14. The number of hydrogen-bond donors (Lipinski definition) is 0. The van der Waals surface area contributed by atoms with Crippen LogP contribution < -0.4 is 15.0 Å². The summed E-state index contributed by atoms with van der Waals surface area (Å²) in [6, 6.07) is 5.70. The van der Waals surface area contributed by atoms with Crippen LogP contribution in [-0.4, -0.2) is 31.7 Å². The van der Waals surface area contributed by atoms with Gasteiger partial charge >= 0.3 is 0 Å². The minimum absolute atomic E-state index is 0.0653. The van der Waals surface area contributed by atoms with Gasteiger partial charge < -0.3 is 14.4 Å². The van der Waals surface area contributed by atoms with Crippen LogP contribution in [0.4, 0.5) is 4.39 Å². The number of methoxy groups -OCH3 is 1. The predicted octanol–water partition coefficient (Wildman–Crippen LogP) is 4.79. The summed E-state index contributed by atoms with van der Waals surface area (Å²) in [6.45, 7) is 0. The molecule has 6 rings (SSSR count). The van der Waals surface area contributed by atoms with Gasteiger partial charge in [-0.1, -0.05) is 24.4 Å². The molecule has 1 aliphatic carbocycles. The monoisotopic (exact) mass is 562 g/mol. The van der Waals surface area contributed by atoms with E-state index in [2.05, 4.69) is 15.2 Å². The maximum Gasteiger partial charge on any atom is 0.267 e. The van der Waals surface area contributed by atoms with Gasteiger partial charge in [-0.3, -0.25) is 9.48 Å². The number of halogens is 2. The van der Waals surface area contributed by atoms with Gasteiger partial charge in [0.25, 0.3) is 5.56 Å². The molecule has 5 aromatic rings. The number of aromatic nitrogens is 6. The maximum atomic E-state index is 15.5. The molecule has 0 spiro atoms. The van der Waals surface area contributed by atoms with Gasteiger partial charge in [0.05, 0.1) is 42.4 Å². The topological polar surface area (TPSA) is 115 Å². The lowest BCUT2D eigenvalue weighted by molar-refractivity contribution is -0.615. The lowest BCUT2D eigenvalue weighted by Crippen LogP contribution is -2.36. The molecule has 1 aliphatic rings. The number of nitrogens with zero attached hydrogens (tertiary/aromatic N) is 6. The Bertz CT molecular complexity index is 1760. The summed E-state index contributed by atoms with van der Waals surface area (Å²) in [5.74, 6) is 0.330. The first kappa shape index (κ1) is 25.8. The normalized spacial score (nSPS) is 13.9. The molecule has 0 radical (unpaired) electrons. The van der Waals surface area contributed by atoms with Gasteiger partial charge in [0.2, 0.25) is 5.69 Å². The highest BCUT2D eigenvalue weighted by Crippen LogP contribution is 2.43. The average molecular weight is 563 g/mol. The Kier molecular flexibility index (Phi) is 6.59. The fourth-order valence-electron chi connectivity index (χ4n) is 4.82. The molecule has 12 heteroatoms. The molecule has 0 aliphatic heterocycles. The summed E-state index contributed by atoms with van der Waals surface area (Å²) in [4.78, 5) is 16.0. The van der Waals surface area contributed by atoms with E-state index < -0.39 is 11.9 Å². The number of hydrogen-bond acceptors (Lipinski definition) is 7. The lowest BCUT2D eigenvalue weighted by atomic mass is 9.96. The van der Waals surface area contributed by atoms with Crippen molar-refractivity contribution in [3.63, 3.8) is 0 Å². The Morgan fingerprint density at radius 3 is 2.70 bits per heavy atom. The summed E-state index contributed by atoms with van der Waals surface area (Å²) >= 11 is 6.15. The van der Waals surface area contributed by atoms with Gasteiger partial charge in [0.1, 0.15) is 11.8 Å². The molecule has 1 fully saturated rings. The van der Waals surface area contributed by atoms with E-state index in [0.29, 0.717) is 40.5 Å². The number of rotatable bonds is 8. The molecule has 1 saturated carbocycles. The van der Waals surface area contributed by atoms with Crippen molar-refractivity contribution in [2.45, 2.75) is 25.3 Å². The molecule has 4 heterocycles. The molecule has 204 valence electrons. The van der Waals surface area contributed by atoms with Crippen LogP contribution in [0.5, 0.6) is 5.75 Å². The first-order valence-corrected chi connectivity index (χ1v) is 13.0. The molecular formula is C28H24ClFN6O4. The Balaban J connectivity index is 1.46. The number of aryl methyl sites for hydroxylation is 1. The minimum Gasteiger partial charge on any atom is -0.618 e. The van der Waals surface area contributed by atoms with Crippen molar-refractivity contribution in [2.75, 3.05) is 7.11 Å². The largest absolute Gasteiger partial charge is 0.618 e. The van der Waals surface area contributed by atoms with E-state index in [1.807, 2.05) is 0 Å². The summed E-state index contributed by atoms with van der Waals surface area (Å²) in [7, 11) is 3.04. The van der Waals surface area contributed by atoms with Gasteiger partial charge in [0, 0.05) is 41.6 Å². The fraction of sp³-hybridized carbons (Fsp3) is 0.250. The Hall–Kier alpha value is -4.51. The van der Waals surface area contributed by atoms with Crippen molar-refractivity contribution >= 4 is 11.6 Å². The number of ether oxygens (including phenoxy) is 1. The fourth-order valence-corrected chi connectivity index (χ4v) is 4.97. The molecular weight excluding hydrogens is 539 g/mol. The van der Waals surface area contributed by atoms with Crippen LogP contribution >= 0.6 is 11.6 Å². The Labute approximate surface area is 232 Å². The molecule has 10 nitrogen and oxygen atoms in total. The molecule has 0 saturated heterocycles. The number of oxazole rings is 1. The molecule has 40 heavy (non-hydrogen) atoms. The average Bonchev–Trinajstić information content (AvgIpc) is 3.37. The summed E-state index contributed by atoms with van der Waals surface area (Å²) in [5, 5.41) is 22.1. The number of pyridine rings is 1. The quantitative estimate of drug-likeness (QED) is 0.197. The third-order valence-corrected chi connectivity index (χ3v) is 7.44. The summed E-state index contributed by atoms with van der Waals surface area (Å²) < 4.78 is 30.3. The molecule has 0 bridgehead atoms. The van der Waals surface area contributed by atoms with E-state index in [0.717, 1.165) is 17.6 Å². The van der Waals surface area contributed by atoms with Crippen LogP contribution in [0.15, 0.2) is 70.9 Å². The Morgan fingerprint density at radius 1 is 1.20 bits per heavy atom. The first-order valence-electron chi connectivity index (χ1n) is 12.6. The van der Waals surface area contributed by atoms with E-state index in [-0.39, 0.29) is 27.5 Å². The molecule has 4 aromatic heterocycles. The highest BCUT2D eigenvalue weighted by atomic mass is 35.5. The molecule has 0 N–H and O–H groups in total. The van der Waals surface area contributed by atoms with Gasteiger partial charge in [-0.15, -0.1) is 0 Å². The first-order chi connectivity index (χ1) is 19.3. The van der Waals surface area contributed by atoms with Crippen molar-refractivity contribution in [1.29, 1.82) is 0 Å². The van der Waals surface area contributed by atoms with E-state index in [4.69, 9.17) is 20.8 Å². The van der Waals surface area contributed by atoms with E-state index in [1.54, 1.807) is 42.5 Å². The second-order valence-corrected chi connectivity index (χ2v) is 10.2. The minimum atomic E-state index is -0.713. The zero-order valence-corrected chi connectivity index (χ0v) is 22.4. The molecule has 1 atom stereocenters. The van der Waals surface area contributed by atoms with Crippen molar-refractivity contribution in [3.05, 3.63) is 93.7 Å². The van der Waals surface area contributed by atoms with Crippen molar-refractivity contribution < 1.29 is 18.3 Å². The van der Waals surface area contributed by atoms with Gasteiger partial charge in [-0.2, -0.15) is 14.9 Å². The predicted molar refractivity (Wildman–Crippen MR) is 144 cm³/mol. The van der Waals surface area contributed by atoms with Crippen LogP contribution in [-0.2, 0) is 7.05 Å². The smallest absolute Gasteiger partial charge is 0.267 e. The molecule has 1 aromatic carbocycles. The van der Waals surface area contributed by atoms with Crippen LogP contribution in [0.2, 0.25) is 5.02 Å². The zero-order valence-electron chi connectivity index (χ0n) is 21.6. The van der Waals surface area contributed by atoms with E-state index in [1.165, 1.54) is 42.7 Å². The van der Waals surface area contributed by atoms with Crippen molar-refractivity contribution in [1.82, 2.24) is 24.5 Å². The van der Waals surface area contributed by atoms with E-state index in [9.17, 15) is 10.0 Å². The standard InChI is InChI=1S/C28H24ClFN6O4/c1-34-26(37)8-17(10-32-34)18-11-33-35(13-18)22(7-16-3-4-16)23-9-24(39-2)20(14-36(23)38)27-19(25-12-31-15-40-25)5-6-21(29)28(27)30/h5-6,8-16,22H,3-4,7H2,1-2H3. The van der Waals surface area contributed by atoms with Gasteiger partial charge in [-0.25, -0.2) is 14.1 Å². The second kappa shape index (κ2) is 10.2. The third kappa shape index (κ3) is 4.73. The lowest BCUT2D eigenvalue weighted by Gasteiger charge is -2.20. The molecule has 0 amide bonds. The second-order valence-electron chi connectivity index (χ2n) is 9.77. The van der Waals surface area contributed by atoms with Gasteiger partial charge in [0.15, 0.2) is 24.2 Å². The van der Waals surface area contributed by atoms with E-state index >= 15 is 4.39 Å². The SMILES string of the molecule is COc1cc(C(CC2CC2)n2cc(-c3cnn(C)c(=O)c3)cn2)[n+]([O-])cc1-c1c(-c2cnco2)ccc(Cl)c1F. The highest BCUT2D eigenvalue weighted by Gasteiger charge is 2.34. The number of benzene rings is 1.